The van der Waals surface area contributed by atoms with E-state index in [-0.39, 0.29) is 5.91 Å². The third-order valence-electron chi connectivity index (χ3n) is 3.46. The minimum atomic E-state index is -0.0430. The molecule has 1 aromatic carbocycles. The number of benzene rings is 1. The molecule has 1 heterocycles. The van der Waals surface area contributed by atoms with Crippen LogP contribution in [0.3, 0.4) is 0 Å². The van der Waals surface area contributed by atoms with Crippen LogP contribution in [0.1, 0.15) is 33.6 Å². The molecule has 0 fully saturated rings. The van der Waals surface area contributed by atoms with Crippen molar-refractivity contribution in [1.29, 1.82) is 0 Å². The van der Waals surface area contributed by atoms with E-state index in [1.165, 1.54) is 16.9 Å². The number of thiophene rings is 1. The predicted octanol–water partition coefficient (Wildman–Crippen LogP) is 5.30. The average Bonchev–Trinajstić information content (AvgIpc) is 2.77. The van der Waals surface area contributed by atoms with Crippen molar-refractivity contribution in [1.82, 2.24) is 0 Å². The van der Waals surface area contributed by atoms with E-state index in [4.69, 9.17) is 11.6 Å². The lowest BCUT2D eigenvalue weighted by Gasteiger charge is -2.12. The van der Waals surface area contributed by atoms with Gasteiger partial charge in [0, 0.05) is 15.6 Å². The highest BCUT2D eigenvalue weighted by Crippen LogP contribution is 2.38. The molecule has 1 aliphatic rings. The molecule has 0 aliphatic heterocycles. The average molecular weight is 371 g/mol. The van der Waals surface area contributed by atoms with E-state index in [2.05, 4.69) is 21.2 Å². The van der Waals surface area contributed by atoms with E-state index in [0.717, 1.165) is 34.3 Å². The van der Waals surface area contributed by atoms with Gasteiger partial charge in [-0.15, -0.1) is 11.3 Å². The number of carbonyl (C=O) groups is 1. The molecule has 0 atom stereocenters. The topological polar surface area (TPSA) is 29.1 Å². The van der Waals surface area contributed by atoms with Crippen molar-refractivity contribution in [3.63, 3.8) is 0 Å². The van der Waals surface area contributed by atoms with Gasteiger partial charge in [0.2, 0.25) is 0 Å². The highest BCUT2D eigenvalue weighted by molar-refractivity contribution is 9.11. The van der Waals surface area contributed by atoms with Crippen LogP contribution in [-0.4, -0.2) is 5.91 Å². The molecule has 5 heteroatoms. The largest absolute Gasteiger partial charge is 0.322 e. The summed E-state index contributed by atoms with van der Waals surface area (Å²) in [6.07, 6.45) is 4.48. The van der Waals surface area contributed by atoms with Gasteiger partial charge in [-0.05, 0) is 71.4 Å². The minimum Gasteiger partial charge on any atom is -0.322 e. The SMILES string of the molecule is O=C(Nc1ccc(Cl)cc1)c1c(Br)sc2c1CCCC2. The summed E-state index contributed by atoms with van der Waals surface area (Å²) in [7, 11) is 0. The Kier molecular flexibility index (Phi) is 4.15. The summed E-state index contributed by atoms with van der Waals surface area (Å²) in [5.41, 5.74) is 2.79. The Balaban J connectivity index is 1.87. The summed E-state index contributed by atoms with van der Waals surface area (Å²) in [6.45, 7) is 0. The van der Waals surface area contributed by atoms with Gasteiger partial charge in [-0.25, -0.2) is 0 Å². The molecular formula is C15H13BrClNOS. The molecular weight excluding hydrogens is 358 g/mol. The smallest absolute Gasteiger partial charge is 0.257 e. The van der Waals surface area contributed by atoms with E-state index in [1.54, 1.807) is 23.5 Å². The predicted molar refractivity (Wildman–Crippen MR) is 88.1 cm³/mol. The van der Waals surface area contributed by atoms with Gasteiger partial charge in [0.15, 0.2) is 0 Å². The number of fused-ring (bicyclic) bond motifs is 1. The summed E-state index contributed by atoms with van der Waals surface area (Å²) in [5.74, 6) is -0.0430. The van der Waals surface area contributed by atoms with Gasteiger partial charge in [-0.1, -0.05) is 11.6 Å². The van der Waals surface area contributed by atoms with Crippen LogP contribution in [0, 0.1) is 0 Å². The third kappa shape index (κ3) is 2.78. The molecule has 1 aliphatic carbocycles. The van der Waals surface area contributed by atoms with Gasteiger partial charge in [0.25, 0.3) is 5.91 Å². The Morgan fingerprint density at radius 1 is 1.20 bits per heavy atom. The summed E-state index contributed by atoms with van der Waals surface area (Å²) in [5, 5.41) is 3.61. The quantitative estimate of drug-likeness (QED) is 0.764. The van der Waals surface area contributed by atoms with E-state index in [9.17, 15) is 4.79 Å². The van der Waals surface area contributed by atoms with Crippen LogP contribution in [0.5, 0.6) is 0 Å². The molecule has 0 radical (unpaired) electrons. The minimum absolute atomic E-state index is 0.0430. The number of nitrogens with one attached hydrogen (secondary N) is 1. The van der Waals surface area contributed by atoms with Crippen LogP contribution in [0.2, 0.25) is 5.02 Å². The molecule has 1 aromatic heterocycles. The molecule has 0 saturated carbocycles. The molecule has 20 heavy (non-hydrogen) atoms. The fourth-order valence-electron chi connectivity index (χ4n) is 2.49. The summed E-state index contributed by atoms with van der Waals surface area (Å²) < 4.78 is 0.941. The number of amides is 1. The number of anilines is 1. The van der Waals surface area contributed by atoms with E-state index < -0.39 is 0 Å². The highest BCUT2D eigenvalue weighted by atomic mass is 79.9. The van der Waals surface area contributed by atoms with Crippen molar-refractivity contribution in [2.75, 3.05) is 5.32 Å². The fraction of sp³-hybridized carbons (Fsp3) is 0.267. The molecule has 1 N–H and O–H groups in total. The maximum atomic E-state index is 12.5. The molecule has 3 rings (SSSR count). The Morgan fingerprint density at radius 2 is 1.90 bits per heavy atom. The first-order valence-corrected chi connectivity index (χ1v) is 8.51. The maximum absolute atomic E-state index is 12.5. The van der Waals surface area contributed by atoms with E-state index in [1.807, 2.05) is 12.1 Å². The number of hydrogen-bond acceptors (Lipinski definition) is 2. The van der Waals surface area contributed by atoms with Crippen molar-refractivity contribution in [2.24, 2.45) is 0 Å². The van der Waals surface area contributed by atoms with E-state index >= 15 is 0 Å². The zero-order valence-corrected chi connectivity index (χ0v) is 13.9. The lowest BCUT2D eigenvalue weighted by atomic mass is 9.95. The van der Waals surface area contributed by atoms with Crippen LogP contribution in [0.15, 0.2) is 28.1 Å². The molecule has 1 amide bonds. The Labute approximate surface area is 135 Å². The number of carbonyl (C=O) groups excluding carboxylic acids is 1. The van der Waals surface area contributed by atoms with Gasteiger partial charge in [-0.2, -0.15) is 0 Å². The standard InChI is InChI=1S/C15H13BrClNOS/c16-14-13(11-3-1-2-4-12(11)20-14)15(19)18-10-7-5-9(17)6-8-10/h5-8H,1-4H2,(H,18,19). The second kappa shape index (κ2) is 5.88. The fourth-order valence-corrected chi connectivity index (χ4v) is 4.73. The van der Waals surface area contributed by atoms with Crippen molar-refractivity contribution in [3.8, 4) is 0 Å². The summed E-state index contributed by atoms with van der Waals surface area (Å²) in [4.78, 5) is 13.8. The molecule has 2 nitrogen and oxygen atoms in total. The molecule has 2 aromatic rings. The van der Waals surface area contributed by atoms with Crippen LogP contribution in [0.4, 0.5) is 5.69 Å². The second-order valence-corrected chi connectivity index (χ2v) is 7.68. The van der Waals surface area contributed by atoms with Crippen LogP contribution >= 0.6 is 38.9 Å². The normalized spacial score (nSPS) is 13.9. The zero-order valence-electron chi connectivity index (χ0n) is 10.7. The first-order chi connectivity index (χ1) is 9.65. The van der Waals surface area contributed by atoms with Gasteiger partial charge >= 0.3 is 0 Å². The molecule has 0 bridgehead atoms. The number of halogens is 2. The molecule has 0 unspecified atom stereocenters. The third-order valence-corrected chi connectivity index (χ3v) is 5.67. The molecule has 0 spiro atoms. The van der Waals surface area contributed by atoms with Gasteiger partial charge in [0.1, 0.15) is 0 Å². The number of aryl methyl sites for hydroxylation is 1. The van der Waals surface area contributed by atoms with Crippen molar-refractivity contribution >= 4 is 50.5 Å². The number of hydrogen-bond donors (Lipinski definition) is 1. The van der Waals surface area contributed by atoms with Crippen LogP contribution < -0.4 is 5.32 Å². The Bertz CT molecular complexity index is 651. The van der Waals surface area contributed by atoms with Crippen molar-refractivity contribution < 1.29 is 4.79 Å². The second-order valence-electron chi connectivity index (χ2n) is 4.82. The van der Waals surface area contributed by atoms with Crippen LogP contribution in [-0.2, 0) is 12.8 Å². The summed E-state index contributed by atoms with van der Waals surface area (Å²) >= 11 is 11.1. The van der Waals surface area contributed by atoms with Gasteiger partial charge in [-0.3, -0.25) is 4.79 Å². The lowest BCUT2D eigenvalue weighted by molar-refractivity contribution is 0.102. The van der Waals surface area contributed by atoms with Gasteiger partial charge in [0.05, 0.1) is 9.35 Å². The van der Waals surface area contributed by atoms with E-state index in [0.29, 0.717) is 5.02 Å². The zero-order chi connectivity index (χ0) is 14.1. The van der Waals surface area contributed by atoms with Crippen molar-refractivity contribution in [2.45, 2.75) is 25.7 Å². The molecule has 0 saturated heterocycles. The maximum Gasteiger partial charge on any atom is 0.257 e. The number of rotatable bonds is 2. The highest BCUT2D eigenvalue weighted by Gasteiger charge is 2.24. The monoisotopic (exact) mass is 369 g/mol. The van der Waals surface area contributed by atoms with Crippen LogP contribution in [0.25, 0.3) is 0 Å². The summed E-state index contributed by atoms with van der Waals surface area (Å²) in [6, 6.07) is 7.17. The molecule has 104 valence electrons. The first kappa shape index (κ1) is 14.1. The van der Waals surface area contributed by atoms with Gasteiger partial charge < -0.3 is 5.32 Å². The lowest BCUT2D eigenvalue weighted by Crippen LogP contribution is -2.15. The first-order valence-electron chi connectivity index (χ1n) is 6.52. The Morgan fingerprint density at radius 3 is 2.65 bits per heavy atom. The Hall–Kier alpha value is -0.840. The van der Waals surface area contributed by atoms with Crippen molar-refractivity contribution in [3.05, 3.63) is 49.1 Å².